The van der Waals surface area contributed by atoms with Gasteiger partial charge in [-0.05, 0) is 63.7 Å². The van der Waals surface area contributed by atoms with Gasteiger partial charge in [0, 0.05) is 12.1 Å². The summed E-state index contributed by atoms with van der Waals surface area (Å²) in [5, 5.41) is 24.4. The number of halogens is 1. The SMILES string of the molecule is CC(=Nc1ccccc1N=C(C)c1c(O)cc(C)oc1=O)c1c(O)cc(C)oc1=O.[Cl][Ru].c1ccc(P(c2ccccc2)c2ccccc2)cc1. The van der Waals surface area contributed by atoms with Crippen molar-refractivity contribution in [3.05, 3.63) is 171 Å². The summed E-state index contributed by atoms with van der Waals surface area (Å²) in [6.45, 7) is 6.24. The maximum absolute atomic E-state index is 12.1. The van der Waals surface area contributed by atoms with Crippen molar-refractivity contribution in [2.75, 3.05) is 0 Å². The number of hydrogen-bond acceptors (Lipinski definition) is 8. The zero-order valence-electron chi connectivity index (χ0n) is 28.2. The van der Waals surface area contributed by atoms with Gasteiger partial charge in [0.25, 0.3) is 0 Å². The Hall–Kier alpha value is -4.94. The quantitative estimate of drug-likeness (QED) is 0.0957. The van der Waals surface area contributed by atoms with Crippen molar-refractivity contribution < 1.29 is 36.4 Å². The molecular formula is C40H35ClN2O6PRu. The summed E-state index contributed by atoms with van der Waals surface area (Å²) in [5.74, 6) is 0.103. The van der Waals surface area contributed by atoms with E-state index in [1.54, 1.807) is 52.0 Å². The van der Waals surface area contributed by atoms with Crippen molar-refractivity contribution in [2.24, 2.45) is 9.98 Å². The summed E-state index contributed by atoms with van der Waals surface area (Å²) in [5.41, 5.74) is -0.241. The van der Waals surface area contributed by atoms with Gasteiger partial charge in [-0.3, -0.25) is 9.98 Å². The molecule has 0 saturated heterocycles. The van der Waals surface area contributed by atoms with Crippen molar-refractivity contribution in [2.45, 2.75) is 27.7 Å². The Morgan fingerprint density at radius 3 is 1.16 bits per heavy atom. The molecule has 0 aliphatic rings. The first-order valence-electron chi connectivity index (χ1n) is 15.6. The van der Waals surface area contributed by atoms with Crippen molar-refractivity contribution in [3.8, 4) is 11.5 Å². The number of para-hydroxylation sites is 2. The number of benzene rings is 4. The summed E-state index contributed by atoms with van der Waals surface area (Å²) in [6.07, 6.45) is 0. The Balaban J connectivity index is 0.000000238. The number of aliphatic imine (C=N–C) groups is 2. The van der Waals surface area contributed by atoms with Crippen LogP contribution < -0.4 is 27.2 Å². The number of hydrogen-bond donors (Lipinski definition) is 2. The van der Waals surface area contributed by atoms with Gasteiger partial charge in [0.15, 0.2) is 0 Å². The van der Waals surface area contributed by atoms with Crippen LogP contribution in [0.2, 0.25) is 0 Å². The van der Waals surface area contributed by atoms with E-state index in [9.17, 15) is 19.8 Å². The molecule has 0 amide bonds. The molecule has 8 nitrogen and oxygen atoms in total. The van der Waals surface area contributed by atoms with Gasteiger partial charge in [-0.25, -0.2) is 9.59 Å². The minimum atomic E-state index is -0.701. The molecule has 0 unspecified atom stereocenters. The second-order valence-corrected chi connectivity index (χ2v) is 13.3. The molecule has 2 N–H and O–H groups in total. The van der Waals surface area contributed by atoms with Crippen LogP contribution in [-0.2, 0) is 17.3 Å². The number of aromatic hydroxyl groups is 2. The van der Waals surface area contributed by atoms with Crippen LogP contribution in [0.15, 0.2) is 156 Å². The fourth-order valence-electron chi connectivity index (χ4n) is 5.16. The van der Waals surface area contributed by atoms with Gasteiger partial charge in [0.05, 0.1) is 22.8 Å². The average Bonchev–Trinajstić information content (AvgIpc) is 3.11. The molecule has 0 radical (unpaired) electrons. The van der Waals surface area contributed by atoms with Gasteiger partial charge in [0.2, 0.25) is 0 Å². The van der Waals surface area contributed by atoms with Crippen molar-refractivity contribution >= 4 is 56.3 Å². The molecule has 2 aromatic heterocycles. The van der Waals surface area contributed by atoms with E-state index in [0.717, 1.165) is 0 Å². The third-order valence-corrected chi connectivity index (χ3v) is 9.78. The van der Waals surface area contributed by atoms with E-state index in [4.69, 9.17) is 8.83 Å². The van der Waals surface area contributed by atoms with Crippen LogP contribution in [-0.4, -0.2) is 21.6 Å². The van der Waals surface area contributed by atoms with Crippen molar-refractivity contribution in [1.29, 1.82) is 0 Å². The van der Waals surface area contributed by atoms with Crippen LogP contribution >= 0.6 is 17.6 Å². The second-order valence-electron chi connectivity index (χ2n) is 11.0. The first-order chi connectivity index (χ1) is 24.6. The van der Waals surface area contributed by atoms with Crippen LogP contribution in [0.1, 0.15) is 36.5 Å². The van der Waals surface area contributed by atoms with Gasteiger partial charge >= 0.3 is 38.3 Å². The van der Waals surface area contributed by atoms with Crippen LogP contribution in [0.3, 0.4) is 0 Å². The molecule has 0 aliphatic carbocycles. The molecule has 2 heterocycles. The Morgan fingerprint density at radius 2 is 0.863 bits per heavy atom. The molecule has 0 aliphatic heterocycles. The summed E-state index contributed by atoms with van der Waals surface area (Å²) in [7, 11) is 4.12. The Morgan fingerprint density at radius 1 is 0.569 bits per heavy atom. The normalized spacial score (nSPS) is 11.3. The van der Waals surface area contributed by atoms with E-state index in [-0.39, 0.29) is 45.6 Å². The maximum atomic E-state index is 12.1. The van der Waals surface area contributed by atoms with E-state index in [2.05, 4.69) is 111 Å². The van der Waals surface area contributed by atoms with Crippen LogP contribution in [0.25, 0.3) is 0 Å². The molecule has 0 atom stereocenters. The monoisotopic (exact) mass is 807 g/mol. The molecule has 6 aromatic rings. The number of rotatable bonds is 7. The minimum absolute atomic E-state index is 0.0482. The van der Waals surface area contributed by atoms with Crippen LogP contribution in [0.5, 0.6) is 11.5 Å². The molecule has 261 valence electrons. The summed E-state index contributed by atoms with van der Waals surface area (Å²) >= 11 is 1.82. The third-order valence-electron chi connectivity index (χ3n) is 7.33. The molecule has 0 spiro atoms. The Bertz CT molecular complexity index is 2050. The standard InChI is InChI=1S/C22H20N2O6.C18H15P.ClH.Ru/c1-11-9-17(25)19(21(27)29-11)13(3)23-15-7-5-6-8-16(15)24-14(4)20-18(26)10-12(2)30-22(20)28;1-4-10-16(11-5-1)19(17-12-6-2-7-13-17)18-14-8-3-9-15-18;;/h5-10,25-26H,1-4H3;1-15H;1H;/q;;;+1/p-1. The first-order valence-corrected chi connectivity index (χ1v) is 19.2. The van der Waals surface area contributed by atoms with Gasteiger partial charge in [-0.1, -0.05) is 103 Å². The molecule has 6 rings (SSSR count). The zero-order chi connectivity index (χ0) is 36.9. The molecule has 0 saturated carbocycles. The van der Waals surface area contributed by atoms with Gasteiger partial charge in [-0.2, -0.15) is 0 Å². The maximum Gasteiger partial charge on any atom is -0.0134 e. The zero-order valence-corrected chi connectivity index (χ0v) is 31.6. The van der Waals surface area contributed by atoms with Gasteiger partial charge in [-0.15, -0.1) is 0 Å². The van der Waals surface area contributed by atoms with E-state index in [1.807, 2.05) is 17.3 Å². The molecule has 0 bridgehead atoms. The molecule has 51 heavy (non-hydrogen) atoms. The topological polar surface area (TPSA) is 126 Å². The van der Waals surface area contributed by atoms with Crippen LogP contribution in [0, 0.1) is 13.8 Å². The largest absolute Gasteiger partial charge is 0.0622 e. The summed E-state index contributed by atoms with van der Waals surface area (Å²) in [6, 6.07) is 41.8. The minimum Gasteiger partial charge on any atom is -0.0622 e. The molecular weight excluding hydrogens is 772 g/mol. The number of nitrogens with zero attached hydrogens (tertiary/aromatic N) is 2. The van der Waals surface area contributed by atoms with Gasteiger partial charge in [0.1, 0.15) is 34.1 Å². The molecule has 4 aromatic carbocycles. The van der Waals surface area contributed by atoms with E-state index >= 15 is 0 Å². The van der Waals surface area contributed by atoms with E-state index in [1.165, 1.54) is 28.0 Å². The van der Waals surface area contributed by atoms with Gasteiger partial charge < -0.3 is 19.0 Å². The van der Waals surface area contributed by atoms with Crippen molar-refractivity contribution in [3.63, 3.8) is 0 Å². The molecule has 0 fully saturated rings. The van der Waals surface area contributed by atoms with Crippen LogP contribution in [0.4, 0.5) is 11.4 Å². The fourth-order valence-corrected chi connectivity index (χ4v) is 7.47. The predicted octanol–water partition coefficient (Wildman–Crippen LogP) is 8.03. The average molecular weight is 807 g/mol. The predicted molar refractivity (Wildman–Crippen MR) is 204 cm³/mol. The smallest absolute Gasteiger partial charge is 0.0134 e. The number of aryl methyl sites for hydroxylation is 2. The molecule has 11 heteroatoms. The summed E-state index contributed by atoms with van der Waals surface area (Å²) in [4.78, 5) is 33.1. The first kappa shape index (κ1) is 38.9. The fraction of sp³-hybridized carbons (Fsp3) is 0.100. The Kier molecular flexibility index (Phi) is 14.4. The second kappa shape index (κ2) is 18.9. The van der Waals surface area contributed by atoms with E-state index < -0.39 is 19.2 Å². The van der Waals surface area contributed by atoms with E-state index in [0.29, 0.717) is 11.4 Å². The third kappa shape index (κ3) is 10.3. The summed E-state index contributed by atoms with van der Waals surface area (Å²) < 4.78 is 10.1. The van der Waals surface area contributed by atoms with Crippen molar-refractivity contribution in [1.82, 2.24) is 0 Å². The Labute approximate surface area is 311 Å².